The zero-order valence-electron chi connectivity index (χ0n) is 11.1. The Hall–Kier alpha value is -0.850. The van der Waals surface area contributed by atoms with E-state index in [0.29, 0.717) is 18.0 Å². The number of nitrogens with one attached hydrogen (secondary N) is 1. The van der Waals surface area contributed by atoms with Crippen LogP contribution in [-0.2, 0) is 16.4 Å². The molecule has 1 unspecified atom stereocenters. The first kappa shape index (κ1) is 14.6. The van der Waals surface area contributed by atoms with Crippen LogP contribution in [0.5, 0.6) is 0 Å². The lowest BCUT2D eigenvalue weighted by molar-refractivity contribution is 0.251. The van der Waals surface area contributed by atoms with Crippen molar-refractivity contribution < 1.29 is 8.42 Å². The molecular formula is C12H18ClN3O2S. The third kappa shape index (κ3) is 3.58. The summed E-state index contributed by atoms with van der Waals surface area (Å²) >= 11 is 6.12. The van der Waals surface area contributed by atoms with Gasteiger partial charge in [-0.15, -0.1) is 0 Å². The first-order chi connectivity index (χ1) is 8.91. The molecule has 2 heterocycles. The van der Waals surface area contributed by atoms with Crippen molar-refractivity contribution in [1.82, 2.24) is 9.88 Å². The van der Waals surface area contributed by atoms with Gasteiger partial charge in [0.2, 0.25) is 0 Å². The average molecular weight is 304 g/mol. The SMILES string of the molecule is CNc1ccc(Cl)c(CN(C)C2CCS(=O)(=O)C2)n1. The molecule has 1 N–H and O–H groups in total. The van der Waals surface area contributed by atoms with Crippen LogP contribution in [0.1, 0.15) is 12.1 Å². The minimum atomic E-state index is -2.86. The molecule has 1 aromatic rings. The van der Waals surface area contributed by atoms with Crippen LogP contribution < -0.4 is 5.32 Å². The summed E-state index contributed by atoms with van der Waals surface area (Å²) < 4.78 is 23.0. The zero-order valence-corrected chi connectivity index (χ0v) is 12.6. The van der Waals surface area contributed by atoms with Crippen molar-refractivity contribution in [2.45, 2.75) is 19.0 Å². The van der Waals surface area contributed by atoms with Gasteiger partial charge in [0.15, 0.2) is 9.84 Å². The van der Waals surface area contributed by atoms with Crippen LogP contribution in [0.15, 0.2) is 12.1 Å². The Balaban J connectivity index is 2.09. The highest BCUT2D eigenvalue weighted by molar-refractivity contribution is 7.91. The number of rotatable bonds is 4. The average Bonchev–Trinajstić information content (AvgIpc) is 2.72. The van der Waals surface area contributed by atoms with E-state index in [4.69, 9.17) is 11.6 Å². The molecule has 0 bridgehead atoms. The normalized spacial score (nSPS) is 21.8. The Bertz CT molecular complexity index is 562. The minimum Gasteiger partial charge on any atom is -0.373 e. The van der Waals surface area contributed by atoms with E-state index in [0.717, 1.165) is 11.5 Å². The Labute approximate surface area is 118 Å². The van der Waals surface area contributed by atoms with E-state index in [1.54, 1.807) is 13.1 Å². The van der Waals surface area contributed by atoms with Gasteiger partial charge in [0.05, 0.1) is 22.2 Å². The fourth-order valence-electron chi connectivity index (χ4n) is 2.22. The fraction of sp³-hybridized carbons (Fsp3) is 0.583. The van der Waals surface area contributed by atoms with E-state index in [-0.39, 0.29) is 17.5 Å². The van der Waals surface area contributed by atoms with Gasteiger partial charge in [-0.25, -0.2) is 13.4 Å². The highest BCUT2D eigenvalue weighted by atomic mass is 35.5. The first-order valence-corrected chi connectivity index (χ1v) is 8.35. The molecule has 1 aliphatic rings. The molecule has 1 atom stereocenters. The van der Waals surface area contributed by atoms with Gasteiger partial charge in [0, 0.05) is 19.6 Å². The minimum absolute atomic E-state index is 0.0566. The predicted molar refractivity (Wildman–Crippen MR) is 77.3 cm³/mol. The molecule has 5 nitrogen and oxygen atoms in total. The summed E-state index contributed by atoms with van der Waals surface area (Å²) in [6.45, 7) is 0.550. The van der Waals surface area contributed by atoms with Crippen molar-refractivity contribution in [2.24, 2.45) is 0 Å². The quantitative estimate of drug-likeness (QED) is 0.911. The number of sulfone groups is 1. The molecule has 1 saturated heterocycles. The van der Waals surface area contributed by atoms with E-state index < -0.39 is 9.84 Å². The van der Waals surface area contributed by atoms with Crippen molar-refractivity contribution in [1.29, 1.82) is 0 Å². The Morgan fingerprint density at radius 2 is 2.26 bits per heavy atom. The Morgan fingerprint density at radius 3 is 2.84 bits per heavy atom. The van der Waals surface area contributed by atoms with Gasteiger partial charge < -0.3 is 5.32 Å². The number of anilines is 1. The maximum Gasteiger partial charge on any atom is 0.151 e. The van der Waals surface area contributed by atoms with Gasteiger partial charge in [0.25, 0.3) is 0 Å². The van der Waals surface area contributed by atoms with E-state index in [1.807, 2.05) is 18.0 Å². The summed E-state index contributed by atoms with van der Waals surface area (Å²) in [5, 5.41) is 3.57. The number of hydrogen-bond donors (Lipinski definition) is 1. The van der Waals surface area contributed by atoms with Crippen LogP contribution in [-0.4, -0.2) is 49.9 Å². The van der Waals surface area contributed by atoms with Crippen molar-refractivity contribution in [3.05, 3.63) is 22.8 Å². The van der Waals surface area contributed by atoms with Crippen LogP contribution in [0.3, 0.4) is 0 Å². The summed E-state index contributed by atoms with van der Waals surface area (Å²) in [4.78, 5) is 6.42. The van der Waals surface area contributed by atoms with Crippen LogP contribution in [0.2, 0.25) is 5.02 Å². The summed E-state index contributed by atoms with van der Waals surface area (Å²) in [5.74, 6) is 1.26. The van der Waals surface area contributed by atoms with E-state index in [2.05, 4.69) is 10.3 Å². The molecule has 0 amide bonds. The fourth-order valence-corrected chi connectivity index (χ4v) is 4.19. The predicted octanol–water partition coefficient (Wildman–Crippen LogP) is 1.40. The summed E-state index contributed by atoms with van der Waals surface area (Å²) in [6.07, 6.45) is 0.683. The molecule has 7 heteroatoms. The lowest BCUT2D eigenvalue weighted by Gasteiger charge is -2.23. The van der Waals surface area contributed by atoms with Crippen molar-refractivity contribution in [2.75, 3.05) is 30.9 Å². The van der Waals surface area contributed by atoms with E-state index >= 15 is 0 Å². The first-order valence-electron chi connectivity index (χ1n) is 6.15. The van der Waals surface area contributed by atoms with Gasteiger partial charge in [-0.2, -0.15) is 0 Å². The second kappa shape index (κ2) is 5.64. The smallest absolute Gasteiger partial charge is 0.151 e. The molecule has 0 radical (unpaired) electrons. The molecule has 0 spiro atoms. The molecule has 19 heavy (non-hydrogen) atoms. The number of aromatic nitrogens is 1. The summed E-state index contributed by atoms with van der Waals surface area (Å²) in [6, 6.07) is 3.67. The van der Waals surface area contributed by atoms with Gasteiger partial charge in [-0.3, -0.25) is 4.90 Å². The molecule has 0 saturated carbocycles. The van der Waals surface area contributed by atoms with Gasteiger partial charge in [0.1, 0.15) is 5.82 Å². The molecule has 1 fully saturated rings. The molecule has 0 aromatic carbocycles. The standard InChI is InChI=1S/C12H18ClN3O2S/c1-14-12-4-3-10(13)11(15-12)7-16(2)9-5-6-19(17,18)8-9/h3-4,9H,5-8H2,1-2H3,(H,14,15). The monoisotopic (exact) mass is 303 g/mol. The third-order valence-corrected chi connectivity index (χ3v) is 5.50. The zero-order chi connectivity index (χ0) is 14.0. The van der Waals surface area contributed by atoms with Gasteiger partial charge >= 0.3 is 0 Å². The van der Waals surface area contributed by atoms with Crippen molar-refractivity contribution >= 4 is 27.3 Å². The number of hydrogen-bond acceptors (Lipinski definition) is 5. The topological polar surface area (TPSA) is 62.3 Å². The molecule has 1 aromatic heterocycles. The number of pyridine rings is 1. The van der Waals surface area contributed by atoms with Gasteiger partial charge in [-0.05, 0) is 25.6 Å². The highest BCUT2D eigenvalue weighted by Gasteiger charge is 2.30. The van der Waals surface area contributed by atoms with Crippen molar-refractivity contribution in [3.63, 3.8) is 0 Å². The van der Waals surface area contributed by atoms with Crippen LogP contribution >= 0.6 is 11.6 Å². The molecule has 2 rings (SSSR count). The van der Waals surface area contributed by atoms with Crippen LogP contribution in [0, 0.1) is 0 Å². The van der Waals surface area contributed by atoms with Crippen LogP contribution in [0.4, 0.5) is 5.82 Å². The lowest BCUT2D eigenvalue weighted by Crippen LogP contribution is -2.32. The number of halogens is 1. The molecular weight excluding hydrogens is 286 g/mol. The molecule has 1 aliphatic heterocycles. The molecule has 106 valence electrons. The third-order valence-electron chi connectivity index (χ3n) is 3.41. The second-order valence-corrected chi connectivity index (χ2v) is 7.48. The Kier molecular flexibility index (Phi) is 4.32. The second-order valence-electron chi connectivity index (χ2n) is 4.85. The van der Waals surface area contributed by atoms with Crippen molar-refractivity contribution in [3.8, 4) is 0 Å². The van der Waals surface area contributed by atoms with Gasteiger partial charge in [-0.1, -0.05) is 11.6 Å². The maximum atomic E-state index is 11.5. The highest BCUT2D eigenvalue weighted by Crippen LogP contribution is 2.22. The lowest BCUT2D eigenvalue weighted by atomic mass is 10.2. The largest absolute Gasteiger partial charge is 0.373 e. The summed E-state index contributed by atoms with van der Waals surface area (Å²) in [5.41, 5.74) is 0.764. The van der Waals surface area contributed by atoms with Crippen LogP contribution in [0.25, 0.3) is 0 Å². The maximum absolute atomic E-state index is 11.5. The summed E-state index contributed by atoms with van der Waals surface area (Å²) in [7, 11) is 0.848. The molecule has 0 aliphatic carbocycles. The number of nitrogens with zero attached hydrogens (tertiary/aromatic N) is 2. The Morgan fingerprint density at radius 1 is 1.53 bits per heavy atom. The van der Waals surface area contributed by atoms with E-state index in [1.165, 1.54) is 0 Å². The van der Waals surface area contributed by atoms with E-state index in [9.17, 15) is 8.42 Å².